The number of hydrogen-bond acceptors (Lipinski definition) is 5. The van der Waals surface area contributed by atoms with Crippen molar-refractivity contribution < 1.29 is 8.42 Å². The molecule has 11 heteroatoms. The Morgan fingerprint density at radius 1 is 1.23 bits per heavy atom. The average Bonchev–Trinajstić information content (AvgIpc) is 3.12. The second-order valence-corrected chi connectivity index (χ2v) is 9.28. The molecule has 1 fully saturated rings. The quantitative estimate of drug-likeness (QED) is 0.295. The van der Waals surface area contributed by atoms with Gasteiger partial charge in [-0.25, -0.2) is 12.7 Å². The summed E-state index contributed by atoms with van der Waals surface area (Å²) in [4.78, 5) is 4.67. The number of nitrogens with one attached hydrogen (secondary N) is 2. The Kier molecular flexibility index (Phi) is 9.75. The lowest BCUT2D eigenvalue weighted by atomic mass is 10.1. The maximum Gasteiger partial charge on any atom is 0.214 e. The molecule has 1 aliphatic rings. The molecule has 1 aliphatic heterocycles. The highest BCUT2D eigenvalue weighted by Gasteiger charge is 2.27. The van der Waals surface area contributed by atoms with Crippen LogP contribution in [-0.4, -0.2) is 71.3 Å². The number of fused-ring (bicyclic) bond motifs is 1. The van der Waals surface area contributed by atoms with Crippen molar-refractivity contribution in [2.24, 2.45) is 4.99 Å². The zero-order valence-electron chi connectivity index (χ0n) is 17.6. The molecule has 9 nitrogen and oxygen atoms in total. The van der Waals surface area contributed by atoms with Crippen molar-refractivity contribution in [2.45, 2.75) is 45.6 Å². The van der Waals surface area contributed by atoms with Gasteiger partial charge in [0.15, 0.2) is 11.6 Å². The number of aliphatic imine (C=N–C) groups is 1. The first-order valence-corrected chi connectivity index (χ1v) is 12.0. The molecule has 0 aliphatic carbocycles. The molecule has 0 bridgehead atoms. The molecule has 1 saturated heterocycles. The highest BCUT2D eigenvalue weighted by molar-refractivity contribution is 14.0. The Bertz CT molecular complexity index is 924. The van der Waals surface area contributed by atoms with Crippen molar-refractivity contribution in [1.29, 1.82) is 0 Å². The smallest absolute Gasteiger partial charge is 0.214 e. The second kappa shape index (κ2) is 11.8. The summed E-state index contributed by atoms with van der Waals surface area (Å²) in [5.41, 5.74) is 0.835. The van der Waals surface area contributed by atoms with E-state index in [0.717, 1.165) is 36.8 Å². The summed E-state index contributed by atoms with van der Waals surface area (Å²) in [6.07, 6.45) is 4.86. The Labute approximate surface area is 195 Å². The van der Waals surface area contributed by atoms with E-state index in [9.17, 15) is 8.42 Å². The van der Waals surface area contributed by atoms with Crippen LogP contribution >= 0.6 is 24.0 Å². The fourth-order valence-corrected chi connectivity index (χ4v) is 5.05. The third-order valence-electron chi connectivity index (χ3n) is 4.98. The SMILES string of the molecule is CCCS(=O)(=O)N1CCC(NC(=NCCc2nnc3ccccn23)NCC)CC1.I. The van der Waals surface area contributed by atoms with Crippen molar-refractivity contribution in [3.05, 3.63) is 30.2 Å². The second-order valence-electron chi connectivity index (χ2n) is 7.19. The number of guanidine groups is 1. The van der Waals surface area contributed by atoms with Crippen LogP contribution in [0.1, 0.15) is 38.9 Å². The molecule has 168 valence electrons. The summed E-state index contributed by atoms with van der Waals surface area (Å²) < 4.78 is 28.0. The fraction of sp³-hybridized carbons (Fsp3) is 0.632. The van der Waals surface area contributed by atoms with Crippen LogP contribution in [0.15, 0.2) is 29.4 Å². The van der Waals surface area contributed by atoms with Gasteiger partial charge < -0.3 is 10.6 Å². The van der Waals surface area contributed by atoms with Gasteiger partial charge in [0.1, 0.15) is 5.82 Å². The van der Waals surface area contributed by atoms with Crippen LogP contribution in [0.3, 0.4) is 0 Å². The molecule has 0 saturated carbocycles. The van der Waals surface area contributed by atoms with Crippen molar-refractivity contribution in [1.82, 2.24) is 29.5 Å². The maximum atomic E-state index is 12.2. The number of rotatable bonds is 8. The molecule has 3 heterocycles. The predicted molar refractivity (Wildman–Crippen MR) is 130 cm³/mol. The Morgan fingerprint density at radius 3 is 2.70 bits per heavy atom. The van der Waals surface area contributed by atoms with E-state index >= 15 is 0 Å². The molecule has 3 rings (SSSR count). The normalized spacial score (nSPS) is 16.4. The summed E-state index contributed by atoms with van der Waals surface area (Å²) in [5.74, 6) is 1.87. The van der Waals surface area contributed by atoms with Crippen molar-refractivity contribution in [2.75, 3.05) is 31.9 Å². The predicted octanol–water partition coefficient (Wildman–Crippen LogP) is 1.65. The van der Waals surface area contributed by atoms with Gasteiger partial charge in [0, 0.05) is 44.8 Å². The number of hydrogen-bond donors (Lipinski definition) is 2. The summed E-state index contributed by atoms with van der Waals surface area (Å²) in [5, 5.41) is 15.1. The number of halogens is 1. The summed E-state index contributed by atoms with van der Waals surface area (Å²) >= 11 is 0. The van der Waals surface area contributed by atoms with Crippen LogP contribution in [0, 0.1) is 0 Å². The van der Waals surface area contributed by atoms with Gasteiger partial charge in [-0.1, -0.05) is 13.0 Å². The number of nitrogens with zero attached hydrogens (tertiary/aromatic N) is 5. The van der Waals surface area contributed by atoms with Gasteiger partial charge in [0.2, 0.25) is 10.0 Å². The van der Waals surface area contributed by atoms with E-state index in [1.165, 1.54) is 0 Å². The highest BCUT2D eigenvalue weighted by Crippen LogP contribution is 2.15. The zero-order valence-corrected chi connectivity index (χ0v) is 20.8. The molecule has 0 spiro atoms. The maximum absolute atomic E-state index is 12.2. The minimum atomic E-state index is -3.11. The van der Waals surface area contributed by atoms with Gasteiger partial charge in [-0.3, -0.25) is 9.39 Å². The van der Waals surface area contributed by atoms with E-state index in [4.69, 9.17) is 0 Å². The van der Waals surface area contributed by atoms with Gasteiger partial charge >= 0.3 is 0 Å². The molecular weight excluding hydrogens is 517 g/mol. The Morgan fingerprint density at radius 2 is 2.00 bits per heavy atom. The first-order valence-electron chi connectivity index (χ1n) is 10.3. The lowest BCUT2D eigenvalue weighted by Crippen LogP contribution is -2.50. The van der Waals surface area contributed by atoms with Crippen LogP contribution in [0.5, 0.6) is 0 Å². The minimum Gasteiger partial charge on any atom is -0.357 e. The van der Waals surface area contributed by atoms with Gasteiger partial charge in [-0.05, 0) is 38.3 Å². The molecule has 2 aromatic rings. The Balaban J connectivity index is 0.00000320. The third-order valence-corrected chi connectivity index (χ3v) is 7.06. The monoisotopic (exact) mass is 549 g/mol. The molecule has 0 unspecified atom stereocenters. The lowest BCUT2D eigenvalue weighted by molar-refractivity contribution is 0.306. The van der Waals surface area contributed by atoms with E-state index < -0.39 is 10.0 Å². The number of sulfonamides is 1. The van der Waals surface area contributed by atoms with Crippen LogP contribution in [0.2, 0.25) is 0 Å². The summed E-state index contributed by atoms with van der Waals surface area (Å²) in [6.45, 7) is 6.41. The summed E-state index contributed by atoms with van der Waals surface area (Å²) in [7, 11) is -3.11. The van der Waals surface area contributed by atoms with E-state index in [1.807, 2.05) is 42.6 Å². The van der Waals surface area contributed by atoms with Crippen LogP contribution < -0.4 is 10.6 Å². The van der Waals surface area contributed by atoms with Crippen LogP contribution in [0.25, 0.3) is 5.65 Å². The van der Waals surface area contributed by atoms with Crippen LogP contribution in [0.4, 0.5) is 0 Å². The van der Waals surface area contributed by atoms with E-state index in [-0.39, 0.29) is 35.8 Å². The first-order chi connectivity index (χ1) is 14.0. The largest absolute Gasteiger partial charge is 0.357 e. The molecule has 30 heavy (non-hydrogen) atoms. The standard InChI is InChI=1S/C19H31N7O2S.HI/c1-3-15-29(27,28)25-13-9-16(10-14-25)22-19(20-4-2)21-11-8-18-24-23-17-7-5-6-12-26(17)18;/h5-7,12,16H,3-4,8-11,13-15H2,1-2H3,(H2,20,21,22);1H. The van der Waals surface area contributed by atoms with Crippen molar-refractivity contribution >= 4 is 45.6 Å². The van der Waals surface area contributed by atoms with Gasteiger partial charge in [-0.2, -0.15) is 0 Å². The van der Waals surface area contributed by atoms with Crippen LogP contribution in [-0.2, 0) is 16.4 Å². The van der Waals surface area contributed by atoms with E-state index in [1.54, 1.807) is 4.31 Å². The molecule has 2 aromatic heterocycles. The first kappa shape index (κ1) is 24.8. The van der Waals surface area contributed by atoms with Crippen molar-refractivity contribution in [3.63, 3.8) is 0 Å². The molecule has 2 N–H and O–H groups in total. The minimum absolute atomic E-state index is 0. The number of aromatic nitrogens is 3. The van der Waals surface area contributed by atoms with Crippen molar-refractivity contribution in [3.8, 4) is 0 Å². The van der Waals surface area contributed by atoms with Gasteiger partial charge in [0.05, 0.1) is 5.75 Å². The third kappa shape index (κ3) is 6.51. The Hall–Kier alpha value is -1.47. The molecule has 0 aromatic carbocycles. The van der Waals surface area contributed by atoms with E-state index in [2.05, 4.69) is 25.8 Å². The number of piperidine rings is 1. The molecule has 0 amide bonds. The zero-order chi connectivity index (χ0) is 20.7. The topological polar surface area (TPSA) is 104 Å². The molecule has 0 atom stereocenters. The van der Waals surface area contributed by atoms with E-state index in [0.29, 0.717) is 32.5 Å². The molecule has 0 radical (unpaired) electrons. The van der Waals surface area contributed by atoms with Gasteiger partial charge in [-0.15, -0.1) is 34.2 Å². The average molecular weight is 549 g/mol. The lowest BCUT2D eigenvalue weighted by Gasteiger charge is -2.32. The highest BCUT2D eigenvalue weighted by atomic mass is 127. The molecular formula is C19H32IN7O2S. The fourth-order valence-electron chi connectivity index (χ4n) is 3.51. The summed E-state index contributed by atoms with van der Waals surface area (Å²) in [6, 6.07) is 6.05. The van der Waals surface area contributed by atoms with Gasteiger partial charge in [0.25, 0.3) is 0 Å². The number of pyridine rings is 1.